The predicted molar refractivity (Wildman–Crippen MR) is 279 cm³/mol. The molecule has 0 saturated heterocycles. The molecule has 0 heterocycles. The molecule has 0 aromatic heterocycles. The highest BCUT2D eigenvalue weighted by Crippen LogP contribution is 2.47. The lowest BCUT2D eigenvalue weighted by atomic mass is 9.94. The zero-order chi connectivity index (χ0) is 43.3. The van der Waals surface area contributed by atoms with E-state index in [1.807, 2.05) is 0 Å². The van der Waals surface area contributed by atoms with E-state index in [2.05, 4.69) is 201 Å². The van der Waals surface area contributed by atoms with Gasteiger partial charge in [-0.1, -0.05) is 195 Å². The highest BCUT2D eigenvalue weighted by Gasteiger charge is 2.32. The van der Waals surface area contributed by atoms with Gasteiger partial charge in [-0.2, -0.15) is 0 Å². The molecule has 8 rings (SSSR count). The third-order valence-corrected chi connectivity index (χ3v) is 18.0. The first-order valence-electron chi connectivity index (χ1n) is 23.5. The van der Waals surface area contributed by atoms with Gasteiger partial charge in [-0.15, -0.1) is 0 Å². The smallest absolute Gasteiger partial charge is 0.00177 e. The van der Waals surface area contributed by atoms with E-state index in [1.54, 1.807) is 0 Å². The number of hydrogen-bond donors (Lipinski definition) is 0. The van der Waals surface area contributed by atoms with Crippen molar-refractivity contribution in [2.24, 2.45) is 0 Å². The molecule has 0 unspecified atom stereocenters. The summed E-state index contributed by atoms with van der Waals surface area (Å²) in [6, 6.07) is 58.5. The lowest BCUT2D eigenvalue weighted by Gasteiger charge is -2.32. The van der Waals surface area contributed by atoms with Gasteiger partial charge in [0.1, 0.15) is 0 Å². The van der Waals surface area contributed by atoms with Crippen LogP contribution < -0.4 is 31.8 Å². The van der Waals surface area contributed by atoms with Crippen LogP contribution in [0.5, 0.6) is 0 Å². The summed E-state index contributed by atoms with van der Waals surface area (Å²) >= 11 is 0. The van der Waals surface area contributed by atoms with Crippen LogP contribution in [0.15, 0.2) is 146 Å². The second-order valence-electron chi connectivity index (χ2n) is 16.9. The average Bonchev–Trinajstić information content (AvgIpc) is 3.33. The third kappa shape index (κ3) is 8.85. The second-order valence-corrected chi connectivity index (χ2v) is 21.2. The monoisotopic (exact) mass is 846 g/mol. The number of fused-ring (bicyclic) bond motifs is 2. The molecule has 0 bridgehead atoms. The van der Waals surface area contributed by atoms with Crippen molar-refractivity contribution in [1.82, 2.24) is 0 Å². The minimum absolute atomic E-state index is 1.01. The van der Waals surface area contributed by atoms with E-state index in [9.17, 15) is 0 Å². The van der Waals surface area contributed by atoms with Gasteiger partial charge in [-0.25, -0.2) is 0 Å². The topological polar surface area (TPSA) is 0 Å². The molecule has 0 aliphatic heterocycles. The van der Waals surface area contributed by atoms with Crippen LogP contribution in [0.25, 0.3) is 32.7 Å². The molecule has 0 saturated carbocycles. The first-order valence-corrected chi connectivity index (χ1v) is 26.2. The van der Waals surface area contributed by atoms with Crippen LogP contribution in [0.2, 0.25) is 0 Å². The molecule has 0 amide bonds. The summed E-state index contributed by atoms with van der Waals surface area (Å²) in [5.41, 5.74) is 14.2. The van der Waals surface area contributed by atoms with Crippen molar-refractivity contribution in [3.63, 3.8) is 0 Å². The van der Waals surface area contributed by atoms with E-state index in [-0.39, 0.29) is 0 Å². The summed E-state index contributed by atoms with van der Waals surface area (Å²) < 4.78 is 0. The van der Waals surface area contributed by atoms with E-state index in [4.69, 9.17) is 0 Å². The molecule has 8 aromatic carbocycles. The Morgan fingerprint density at radius 1 is 0.306 bits per heavy atom. The maximum atomic E-state index is 2.66. The predicted octanol–water partition coefficient (Wildman–Crippen LogP) is 13.7. The first kappa shape index (κ1) is 43.8. The van der Waals surface area contributed by atoms with E-state index in [0.717, 1.165) is 51.4 Å². The van der Waals surface area contributed by atoms with Gasteiger partial charge in [-0.05, 0) is 177 Å². The van der Waals surface area contributed by atoms with Crippen LogP contribution in [0.1, 0.15) is 99.9 Å². The van der Waals surface area contributed by atoms with Crippen molar-refractivity contribution in [2.75, 3.05) is 0 Å². The van der Waals surface area contributed by atoms with Crippen molar-refractivity contribution >= 4 is 69.2 Å². The molecule has 0 radical (unpaired) electrons. The van der Waals surface area contributed by atoms with Crippen molar-refractivity contribution in [3.05, 3.63) is 190 Å². The van der Waals surface area contributed by atoms with Gasteiger partial charge in [0.05, 0.1) is 0 Å². The lowest BCUT2D eigenvalue weighted by Crippen LogP contribution is -2.37. The molecule has 0 fully saturated rings. The fraction of sp³-hybridized carbons (Fsp3) is 0.267. The Balaban J connectivity index is 1.65. The highest BCUT2D eigenvalue weighted by molar-refractivity contribution is 7.85. The zero-order valence-electron chi connectivity index (χ0n) is 38.4. The molecule has 0 spiro atoms. The van der Waals surface area contributed by atoms with Crippen molar-refractivity contribution in [1.29, 1.82) is 0 Å². The Labute approximate surface area is 375 Å². The minimum atomic E-state index is -1.07. The summed E-state index contributed by atoms with van der Waals surface area (Å²) in [5, 5.41) is 14.1. The largest absolute Gasteiger partial charge is 0.0616 e. The third-order valence-electron chi connectivity index (χ3n) is 13.0. The van der Waals surface area contributed by atoms with Gasteiger partial charge in [0.25, 0.3) is 0 Å². The Morgan fingerprint density at radius 2 is 0.645 bits per heavy atom. The number of hydrogen-bond acceptors (Lipinski definition) is 0. The van der Waals surface area contributed by atoms with Crippen molar-refractivity contribution in [2.45, 2.75) is 107 Å². The van der Waals surface area contributed by atoms with E-state index in [1.165, 1.54) is 109 Å². The number of benzene rings is 8. The first-order chi connectivity index (χ1) is 30.3. The fourth-order valence-corrected chi connectivity index (χ4v) is 15.4. The van der Waals surface area contributed by atoms with Crippen LogP contribution in [0.4, 0.5) is 0 Å². The molecule has 8 aromatic rings. The SMILES string of the molecule is CCc1cc(CC)cc(P(c2cc(CC)cc(CC)c2)c2cc3ccccc3c(-c3cccc4ccccc34)c2P(c2cc(CC)cc(CC)c2)c2cc(CC)cc(CC)c2)c1. The summed E-state index contributed by atoms with van der Waals surface area (Å²) in [4.78, 5) is 0. The molecule has 0 atom stereocenters. The molecule has 0 nitrogen and oxygen atoms in total. The normalized spacial score (nSPS) is 11.7. The average molecular weight is 847 g/mol. The number of rotatable bonds is 15. The summed E-state index contributed by atoms with van der Waals surface area (Å²) in [6.45, 7) is 18.6. The van der Waals surface area contributed by atoms with E-state index >= 15 is 0 Å². The lowest BCUT2D eigenvalue weighted by molar-refractivity contribution is 1.09. The summed E-state index contributed by atoms with van der Waals surface area (Å²) in [5.74, 6) is 0. The summed E-state index contributed by atoms with van der Waals surface area (Å²) in [7, 11) is -2.09. The molecule has 2 heteroatoms. The fourth-order valence-electron chi connectivity index (χ4n) is 9.39. The maximum absolute atomic E-state index is 2.66. The van der Waals surface area contributed by atoms with Crippen molar-refractivity contribution < 1.29 is 0 Å². The van der Waals surface area contributed by atoms with Crippen molar-refractivity contribution in [3.8, 4) is 11.1 Å². The van der Waals surface area contributed by atoms with Gasteiger partial charge in [-0.3, -0.25) is 0 Å². The van der Waals surface area contributed by atoms with Gasteiger partial charge >= 0.3 is 0 Å². The Hall–Kier alpha value is -4.86. The standard InChI is InChI=1S/C60H64P2/c1-9-41-28-42(10-2)33-51(32-41)61(52-34-43(11-3)29-44(12-4)35-52)58-40-50-23-18-20-26-56(50)59(57-27-21-24-49-22-17-19-25-55(49)57)60(58)62(53-36-45(13-5)30-46(14-6)37-53)54-38-47(15-7)31-48(16-8)39-54/h17-40H,9-16H2,1-8H3. The molecular formula is C60H64P2. The molecule has 0 aliphatic carbocycles. The Kier molecular flexibility index (Phi) is 13.9. The highest BCUT2D eigenvalue weighted by atomic mass is 31.1. The summed E-state index contributed by atoms with van der Waals surface area (Å²) in [6.07, 6.45) is 8.13. The second kappa shape index (κ2) is 19.7. The van der Waals surface area contributed by atoms with Crippen LogP contribution in [0, 0.1) is 0 Å². The van der Waals surface area contributed by atoms with Crippen LogP contribution in [-0.4, -0.2) is 0 Å². The number of aryl methyl sites for hydroxylation is 8. The molecular weight excluding hydrogens is 783 g/mol. The molecule has 314 valence electrons. The quantitative estimate of drug-likeness (QED) is 0.0902. The Morgan fingerprint density at radius 3 is 1.05 bits per heavy atom. The molecule has 62 heavy (non-hydrogen) atoms. The Bertz CT molecular complexity index is 2660. The van der Waals surface area contributed by atoms with Crippen LogP contribution in [0.3, 0.4) is 0 Å². The van der Waals surface area contributed by atoms with E-state index in [0.29, 0.717) is 0 Å². The molecule has 0 aliphatic rings. The van der Waals surface area contributed by atoms with Crippen LogP contribution in [-0.2, 0) is 51.4 Å². The van der Waals surface area contributed by atoms with Crippen LogP contribution >= 0.6 is 15.8 Å². The maximum Gasteiger partial charge on any atom is 0.00177 e. The zero-order valence-corrected chi connectivity index (χ0v) is 40.2. The van der Waals surface area contributed by atoms with E-state index < -0.39 is 15.8 Å². The minimum Gasteiger partial charge on any atom is -0.0616 e. The molecule has 0 N–H and O–H groups in total. The van der Waals surface area contributed by atoms with Gasteiger partial charge in [0.15, 0.2) is 0 Å². The van der Waals surface area contributed by atoms with Gasteiger partial charge in [0.2, 0.25) is 0 Å². The van der Waals surface area contributed by atoms with Gasteiger partial charge in [0, 0.05) is 5.30 Å². The van der Waals surface area contributed by atoms with Gasteiger partial charge < -0.3 is 0 Å².